The van der Waals surface area contributed by atoms with E-state index in [1.807, 2.05) is 0 Å². The number of hydrogen-bond acceptors (Lipinski definition) is 4. The first-order valence-electron chi connectivity index (χ1n) is 12.1. The van der Waals surface area contributed by atoms with Crippen molar-refractivity contribution in [2.75, 3.05) is 0 Å². The third-order valence-corrected chi connectivity index (χ3v) is 6.21. The number of rotatable bonds is 13. The largest absolute Gasteiger partial charge is 0.462 e. The minimum atomic E-state index is 0.00649. The summed E-state index contributed by atoms with van der Waals surface area (Å²) in [5.41, 5.74) is 0. The molecule has 0 radical (unpaired) electrons. The number of carbonyl (C=O) groups excluding carboxylic acids is 2. The summed E-state index contributed by atoms with van der Waals surface area (Å²) < 4.78 is 11.1. The van der Waals surface area contributed by atoms with Gasteiger partial charge in [0.2, 0.25) is 0 Å². The van der Waals surface area contributed by atoms with Crippen LogP contribution in [0.4, 0.5) is 0 Å². The predicted octanol–water partition coefficient (Wildman–Crippen LogP) is 6.64. The summed E-state index contributed by atoms with van der Waals surface area (Å²) in [5.74, 6) is 0.0130. The zero-order valence-electron chi connectivity index (χ0n) is 17.9. The first kappa shape index (κ1) is 23.2. The molecule has 0 amide bonds. The monoisotopic (exact) mass is 394 g/mol. The summed E-state index contributed by atoms with van der Waals surface area (Å²) >= 11 is 0. The highest BCUT2D eigenvalue weighted by molar-refractivity contribution is 5.69. The quantitative estimate of drug-likeness (QED) is 0.259. The fourth-order valence-corrected chi connectivity index (χ4v) is 4.45. The molecule has 0 N–H and O–H groups in total. The highest BCUT2D eigenvalue weighted by atomic mass is 16.5. The van der Waals surface area contributed by atoms with E-state index >= 15 is 0 Å². The van der Waals surface area contributed by atoms with Gasteiger partial charge in [-0.15, -0.1) is 0 Å². The molecule has 2 fully saturated rings. The molecule has 2 aliphatic rings. The fourth-order valence-electron chi connectivity index (χ4n) is 4.45. The molecule has 0 saturated heterocycles. The van der Waals surface area contributed by atoms with E-state index in [4.69, 9.17) is 9.47 Å². The molecule has 2 aliphatic carbocycles. The molecule has 4 heteroatoms. The summed E-state index contributed by atoms with van der Waals surface area (Å²) in [6.45, 7) is 0. The van der Waals surface area contributed by atoms with Crippen LogP contribution in [0, 0.1) is 0 Å². The summed E-state index contributed by atoms with van der Waals surface area (Å²) in [7, 11) is 0. The highest BCUT2D eigenvalue weighted by Crippen LogP contribution is 2.22. The van der Waals surface area contributed by atoms with Crippen molar-refractivity contribution in [1.82, 2.24) is 0 Å². The van der Waals surface area contributed by atoms with Crippen LogP contribution in [-0.4, -0.2) is 24.1 Å². The summed E-state index contributed by atoms with van der Waals surface area (Å²) in [6, 6.07) is 0. The van der Waals surface area contributed by atoms with E-state index < -0.39 is 0 Å². The van der Waals surface area contributed by atoms with E-state index in [1.165, 1.54) is 64.2 Å². The SMILES string of the molecule is O=C(CCCCCCCCCCC(=O)OC1CCCCC1)OC1CCCCC1. The smallest absolute Gasteiger partial charge is 0.306 e. The van der Waals surface area contributed by atoms with Crippen LogP contribution in [-0.2, 0) is 19.1 Å². The van der Waals surface area contributed by atoms with E-state index in [9.17, 15) is 9.59 Å². The Balaban J connectivity index is 1.32. The molecule has 0 aliphatic heterocycles. The lowest BCUT2D eigenvalue weighted by molar-refractivity contribution is -0.151. The van der Waals surface area contributed by atoms with Gasteiger partial charge in [0.1, 0.15) is 12.2 Å². The predicted molar refractivity (Wildman–Crippen MR) is 112 cm³/mol. The van der Waals surface area contributed by atoms with E-state index in [1.54, 1.807) is 0 Å². The van der Waals surface area contributed by atoms with Crippen LogP contribution < -0.4 is 0 Å². The van der Waals surface area contributed by atoms with Crippen LogP contribution in [0.15, 0.2) is 0 Å². The zero-order valence-corrected chi connectivity index (χ0v) is 17.9. The van der Waals surface area contributed by atoms with Crippen molar-refractivity contribution < 1.29 is 19.1 Å². The van der Waals surface area contributed by atoms with Gasteiger partial charge >= 0.3 is 11.9 Å². The van der Waals surface area contributed by atoms with Crippen LogP contribution in [0.2, 0.25) is 0 Å². The van der Waals surface area contributed by atoms with Crippen molar-refractivity contribution in [3.63, 3.8) is 0 Å². The topological polar surface area (TPSA) is 52.6 Å². The van der Waals surface area contributed by atoms with Crippen LogP contribution in [0.25, 0.3) is 0 Å². The van der Waals surface area contributed by atoms with E-state index in [0.717, 1.165) is 51.4 Å². The second-order valence-electron chi connectivity index (χ2n) is 8.83. The Bertz CT molecular complexity index is 382. The summed E-state index contributed by atoms with van der Waals surface area (Å²) in [4.78, 5) is 23.7. The lowest BCUT2D eigenvalue weighted by atomic mass is 9.98. The van der Waals surface area contributed by atoms with Crippen LogP contribution in [0.1, 0.15) is 128 Å². The maximum Gasteiger partial charge on any atom is 0.306 e. The van der Waals surface area contributed by atoms with Gasteiger partial charge < -0.3 is 9.47 Å². The summed E-state index contributed by atoms with van der Waals surface area (Å²) in [6.07, 6.45) is 22.2. The standard InChI is InChI=1S/C24H42O4/c25-23(27-21-15-9-7-10-16-21)19-13-5-3-1-2-4-6-14-20-24(26)28-22-17-11-8-12-18-22/h21-22H,1-20H2. The highest BCUT2D eigenvalue weighted by Gasteiger charge is 2.18. The van der Waals surface area contributed by atoms with Gasteiger partial charge in [-0.1, -0.05) is 51.4 Å². The van der Waals surface area contributed by atoms with Gasteiger partial charge in [0, 0.05) is 12.8 Å². The molecule has 4 nitrogen and oxygen atoms in total. The number of esters is 2. The number of hydrogen-bond donors (Lipinski definition) is 0. The second-order valence-corrected chi connectivity index (χ2v) is 8.83. The molecule has 0 spiro atoms. The first-order chi connectivity index (χ1) is 13.7. The minimum absolute atomic E-state index is 0.00649. The molecule has 0 bridgehead atoms. The van der Waals surface area contributed by atoms with Gasteiger partial charge in [-0.05, 0) is 64.2 Å². The Kier molecular flexibility index (Phi) is 12.3. The minimum Gasteiger partial charge on any atom is -0.462 e. The molecule has 0 atom stereocenters. The lowest BCUT2D eigenvalue weighted by Gasteiger charge is -2.21. The molecular formula is C24H42O4. The van der Waals surface area contributed by atoms with Crippen molar-refractivity contribution in [3.8, 4) is 0 Å². The van der Waals surface area contributed by atoms with Crippen molar-refractivity contribution in [1.29, 1.82) is 0 Å². The Labute approximate surface area is 172 Å². The molecular weight excluding hydrogens is 352 g/mol. The van der Waals surface area contributed by atoms with Crippen molar-refractivity contribution in [2.24, 2.45) is 0 Å². The van der Waals surface area contributed by atoms with Crippen LogP contribution >= 0.6 is 0 Å². The number of carbonyl (C=O) groups is 2. The van der Waals surface area contributed by atoms with Gasteiger partial charge in [0.15, 0.2) is 0 Å². The van der Waals surface area contributed by atoms with Crippen molar-refractivity contribution in [2.45, 2.75) is 141 Å². The molecule has 162 valence electrons. The molecule has 0 unspecified atom stereocenters. The second kappa shape index (κ2) is 14.9. The zero-order chi connectivity index (χ0) is 19.9. The molecule has 2 rings (SSSR count). The van der Waals surface area contributed by atoms with Gasteiger partial charge in [0.25, 0.3) is 0 Å². The maximum absolute atomic E-state index is 11.8. The van der Waals surface area contributed by atoms with E-state index in [2.05, 4.69) is 0 Å². The first-order valence-corrected chi connectivity index (χ1v) is 12.1. The van der Waals surface area contributed by atoms with Crippen LogP contribution in [0.5, 0.6) is 0 Å². The molecule has 0 aromatic rings. The van der Waals surface area contributed by atoms with E-state index in [-0.39, 0.29) is 24.1 Å². The Morgan fingerprint density at radius 1 is 0.500 bits per heavy atom. The van der Waals surface area contributed by atoms with Gasteiger partial charge in [0.05, 0.1) is 0 Å². The third-order valence-electron chi connectivity index (χ3n) is 6.21. The Morgan fingerprint density at radius 2 is 0.821 bits per heavy atom. The van der Waals surface area contributed by atoms with Gasteiger partial charge in [-0.2, -0.15) is 0 Å². The molecule has 0 aromatic carbocycles. The third kappa shape index (κ3) is 11.1. The maximum atomic E-state index is 11.8. The summed E-state index contributed by atoms with van der Waals surface area (Å²) in [5, 5.41) is 0. The molecule has 2 saturated carbocycles. The van der Waals surface area contributed by atoms with E-state index in [0.29, 0.717) is 12.8 Å². The van der Waals surface area contributed by atoms with Gasteiger partial charge in [-0.25, -0.2) is 0 Å². The number of unbranched alkanes of at least 4 members (excludes halogenated alkanes) is 7. The molecule has 28 heavy (non-hydrogen) atoms. The van der Waals surface area contributed by atoms with Gasteiger partial charge in [-0.3, -0.25) is 9.59 Å². The molecule has 0 aromatic heterocycles. The van der Waals surface area contributed by atoms with Crippen molar-refractivity contribution in [3.05, 3.63) is 0 Å². The van der Waals surface area contributed by atoms with Crippen LogP contribution in [0.3, 0.4) is 0 Å². The Hall–Kier alpha value is -1.06. The van der Waals surface area contributed by atoms with Crippen molar-refractivity contribution >= 4 is 11.9 Å². The average Bonchev–Trinajstić information content (AvgIpc) is 2.71. The lowest BCUT2D eigenvalue weighted by Crippen LogP contribution is -2.20. The normalized spacial score (nSPS) is 18.7. The Morgan fingerprint density at radius 3 is 1.18 bits per heavy atom. The molecule has 0 heterocycles. The average molecular weight is 395 g/mol. The number of ether oxygens (including phenoxy) is 2. The fraction of sp³-hybridized carbons (Fsp3) is 0.917.